The number of fused-ring (bicyclic) bond motifs is 1. The zero-order chi connectivity index (χ0) is 20.9. The zero-order valence-corrected chi connectivity index (χ0v) is 19.2. The van der Waals surface area contributed by atoms with Crippen LogP contribution in [0.1, 0.15) is 44.8 Å². The van der Waals surface area contributed by atoms with Gasteiger partial charge in [0.15, 0.2) is 0 Å². The van der Waals surface area contributed by atoms with Gasteiger partial charge in [0.25, 0.3) is 5.91 Å². The quantitative estimate of drug-likeness (QED) is 0.432. The number of nitrogens with one attached hydrogen (secondary N) is 1. The highest BCUT2D eigenvalue weighted by atomic mass is 79.9. The number of ether oxygens (including phenoxy) is 1. The minimum Gasteiger partial charge on any atom is -0.496 e. The molecule has 1 amide bonds. The average Bonchev–Trinajstić information content (AvgIpc) is 3.15. The van der Waals surface area contributed by atoms with E-state index in [2.05, 4.69) is 21.2 Å². The van der Waals surface area contributed by atoms with Gasteiger partial charge in [-0.05, 0) is 76.5 Å². The number of amides is 1. The van der Waals surface area contributed by atoms with Crippen LogP contribution in [0.2, 0.25) is 0 Å². The van der Waals surface area contributed by atoms with E-state index in [1.54, 1.807) is 18.4 Å². The maximum atomic E-state index is 13.1. The smallest absolute Gasteiger partial charge is 0.254 e. The molecule has 0 atom stereocenters. The second-order valence-corrected chi connectivity index (χ2v) is 9.15. The summed E-state index contributed by atoms with van der Waals surface area (Å²) in [7, 11) is 1.64. The number of thiophene rings is 1. The minimum absolute atomic E-state index is 0.0404. The first-order valence-corrected chi connectivity index (χ1v) is 11.6. The van der Waals surface area contributed by atoms with Gasteiger partial charge in [-0.2, -0.15) is 0 Å². The van der Waals surface area contributed by atoms with Crippen molar-refractivity contribution in [3.63, 3.8) is 0 Å². The van der Waals surface area contributed by atoms with Crippen molar-refractivity contribution in [3.8, 4) is 5.75 Å². The van der Waals surface area contributed by atoms with Gasteiger partial charge in [-0.1, -0.05) is 30.3 Å². The van der Waals surface area contributed by atoms with Crippen LogP contribution in [-0.2, 0) is 19.4 Å². The number of methoxy groups -OCH3 is 1. The van der Waals surface area contributed by atoms with E-state index in [0.29, 0.717) is 6.54 Å². The van der Waals surface area contributed by atoms with Crippen LogP contribution in [0, 0.1) is 0 Å². The second-order valence-electron chi connectivity index (χ2n) is 7.21. The van der Waals surface area contributed by atoms with Crippen molar-refractivity contribution in [1.82, 2.24) is 5.32 Å². The maximum Gasteiger partial charge on any atom is 0.254 e. The fourth-order valence-corrected chi connectivity index (χ4v) is 5.43. The van der Waals surface area contributed by atoms with Gasteiger partial charge in [0.1, 0.15) is 10.8 Å². The van der Waals surface area contributed by atoms with Gasteiger partial charge in [-0.15, -0.1) is 11.3 Å². The molecule has 30 heavy (non-hydrogen) atoms. The Morgan fingerprint density at radius 3 is 2.77 bits per heavy atom. The monoisotopic (exact) mass is 482 g/mol. The molecule has 2 aromatic carbocycles. The van der Waals surface area contributed by atoms with Crippen molar-refractivity contribution in [2.24, 2.45) is 4.99 Å². The number of halogens is 1. The molecule has 1 heterocycles. The van der Waals surface area contributed by atoms with Crippen molar-refractivity contribution >= 4 is 44.4 Å². The molecule has 154 valence electrons. The van der Waals surface area contributed by atoms with Gasteiger partial charge in [-0.25, -0.2) is 4.99 Å². The van der Waals surface area contributed by atoms with Gasteiger partial charge in [0.05, 0.1) is 17.1 Å². The Morgan fingerprint density at radius 2 is 2.00 bits per heavy atom. The first kappa shape index (κ1) is 20.8. The lowest BCUT2D eigenvalue weighted by molar-refractivity contribution is 0.0951. The van der Waals surface area contributed by atoms with E-state index in [9.17, 15) is 4.79 Å². The predicted molar refractivity (Wildman–Crippen MR) is 127 cm³/mol. The fourth-order valence-electron chi connectivity index (χ4n) is 3.64. The molecule has 0 unspecified atom stereocenters. The van der Waals surface area contributed by atoms with Crippen LogP contribution in [0.15, 0.2) is 58.0 Å². The van der Waals surface area contributed by atoms with Crippen LogP contribution in [0.5, 0.6) is 5.75 Å². The fraction of sp³-hybridized carbons (Fsp3) is 0.250. The third-order valence-electron chi connectivity index (χ3n) is 5.18. The first-order valence-electron chi connectivity index (χ1n) is 10.00. The molecule has 0 aliphatic heterocycles. The molecule has 1 N–H and O–H groups in total. The van der Waals surface area contributed by atoms with Crippen molar-refractivity contribution in [3.05, 3.63) is 80.1 Å². The molecular weight excluding hydrogens is 460 g/mol. The van der Waals surface area contributed by atoms with E-state index in [0.717, 1.165) is 51.2 Å². The number of aryl methyl sites for hydroxylation is 1. The van der Waals surface area contributed by atoms with Crippen LogP contribution >= 0.6 is 27.3 Å². The minimum atomic E-state index is -0.0404. The van der Waals surface area contributed by atoms with Crippen LogP contribution < -0.4 is 10.1 Å². The number of aliphatic imine (C=N–C) groups is 1. The van der Waals surface area contributed by atoms with Crippen LogP contribution in [0.3, 0.4) is 0 Å². The molecule has 1 aliphatic carbocycles. The summed E-state index contributed by atoms with van der Waals surface area (Å²) in [5, 5.41) is 3.88. The summed E-state index contributed by atoms with van der Waals surface area (Å²) in [6.07, 6.45) is 6.09. The first-order chi connectivity index (χ1) is 14.7. The standard InChI is InChI=1S/C24H23BrN2O2S/c1-29-20-12-11-17(13-19(20)25)15-27-24-22(18-9-5-6-10-21(18)30-24)23(28)26-14-16-7-3-2-4-8-16/h2-4,7-8,11-13,15H,5-6,9-10,14H2,1H3,(H,26,28). The van der Waals surface area contributed by atoms with E-state index in [4.69, 9.17) is 9.73 Å². The Morgan fingerprint density at radius 1 is 1.20 bits per heavy atom. The number of hydrogen-bond donors (Lipinski definition) is 1. The number of carbonyl (C=O) groups is 1. The van der Waals surface area contributed by atoms with E-state index in [1.807, 2.05) is 54.7 Å². The third-order valence-corrected chi connectivity index (χ3v) is 7.00. The van der Waals surface area contributed by atoms with Crippen molar-refractivity contribution in [2.75, 3.05) is 7.11 Å². The Hall–Kier alpha value is -2.44. The molecule has 1 aliphatic rings. The molecule has 6 heteroatoms. The van der Waals surface area contributed by atoms with Crippen LogP contribution in [0.4, 0.5) is 5.00 Å². The maximum absolute atomic E-state index is 13.1. The largest absolute Gasteiger partial charge is 0.496 e. The summed E-state index contributed by atoms with van der Waals surface area (Å²) in [5.41, 5.74) is 3.96. The predicted octanol–water partition coefficient (Wildman–Crippen LogP) is 6.08. The number of benzene rings is 2. The van der Waals surface area contributed by atoms with Crippen LogP contribution in [-0.4, -0.2) is 19.2 Å². The number of rotatable bonds is 6. The Kier molecular flexibility index (Phi) is 6.65. The third kappa shape index (κ3) is 4.65. The lowest BCUT2D eigenvalue weighted by Crippen LogP contribution is -2.24. The number of hydrogen-bond acceptors (Lipinski definition) is 4. The Bertz CT molecular complexity index is 1080. The summed E-state index contributed by atoms with van der Waals surface area (Å²) in [6.45, 7) is 0.513. The molecule has 0 saturated heterocycles. The SMILES string of the molecule is COc1ccc(C=Nc2sc3c(c2C(=O)NCc2ccccc2)CCCC3)cc1Br. The molecule has 0 saturated carbocycles. The van der Waals surface area contributed by atoms with E-state index in [1.165, 1.54) is 16.9 Å². The topological polar surface area (TPSA) is 50.7 Å². The van der Waals surface area contributed by atoms with E-state index < -0.39 is 0 Å². The van der Waals surface area contributed by atoms with Gasteiger partial charge >= 0.3 is 0 Å². The van der Waals surface area contributed by atoms with Gasteiger partial charge < -0.3 is 10.1 Å². The summed E-state index contributed by atoms with van der Waals surface area (Å²) in [6, 6.07) is 15.8. The lowest BCUT2D eigenvalue weighted by Gasteiger charge is -2.12. The number of carbonyl (C=O) groups excluding carboxylic acids is 1. The summed E-state index contributed by atoms with van der Waals surface area (Å²) < 4.78 is 6.16. The highest BCUT2D eigenvalue weighted by Gasteiger charge is 2.25. The van der Waals surface area contributed by atoms with Gasteiger partial charge in [-0.3, -0.25) is 4.79 Å². The number of nitrogens with zero attached hydrogens (tertiary/aromatic N) is 1. The zero-order valence-electron chi connectivity index (χ0n) is 16.8. The second kappa shape index (κ2) is 9.58. The lowest BCUT2D eigenvalue weighted by atomic mass is 9.95. The van der Waals surface area contributed by atoms with Gasteiger partial charge in [0, 0.05) is 17.6 Å². The molecular formula is C24H23BrN2O2S. The van der Waals surface area contributed by atoms with Crippen molar-refractivity contribution < 1.29 is 9.53 Å². The average molecular weight is 483 g/mol. The summed E-state index contributed by atoms with van der Waals surface area (Å²) in [5.74, 6) is 0.737. The Labute approximate surface area is 189 Å². The van der Waals surface area contributed by atoms with E-state index in [-0.39, 0.29) is 5.91 Å². The van der Waals surface area contributed by atoms with E-state index >= 15 is 0 Å². The summed E-state index contributed by atoms with van der Waals surface area (Å²) >= 11 is 5.16. The molecule has 0 fully saturated rings. The van der Waals surface area contributed by atoms with Gasteiger partial charge in [0.2, 0.25) is 0 Å². The molecule has 4 nitrogen and oxygen atoms in total. The van der Waals surface area contributed by atoms with Crippen molar-refractivity contribution in [1.29, 1.82) is 0 Å². The highest BCUT2D eigenvalue weighted by molar-refractivity contribution is 9.10. The molecule has 3 aromatic rings. The summed E-state index contributed by atoms with van der Waals surface area (Å²) in [4.78, 5) is 19.1. The van der Waals surface area contributed by atoms with Crippen LogP contribution in [0.25, 0.3) is 0 Å². The Balaban J connectivity index is 1.60. The molecule has 4 rings (SSSR count). The molecule has 0 spiro atoms. The molecule has 0 radical (unpaired) electrons. The normalized spacial score (nSPS) is 13.3. The van der Waals surface area contributed by atoms with Crippen molar-refractivity contribution in [2.45, 2.75) is 32.2 Å². The highest BCUT2D eigenvalue weighted by Crippen LogP contribution is 2.40. The molecule has 0 bridgehead atoms. The molecule has 1 aromatic heterocycles.